The van der Waals surface area contributed by atoms with Crippen LogP contribution in [0.3, 0.4) is 0 Å². The summed E-state index contributed by atoms with van der Waals surface area (Å²) >= 11 is 0. The predicted molar refractivity (Wildman–Crippen MR) is 95.4 cm³/mol. The molecular weight excluding hydrogens is 286 g/mol. The van der Waals surface area contributed by atoms with Gasteiger partial charge in [-0.05, 0) is 69.7 Å². The molecule has 0 saturated carbocycles. The Morgan fingerprint density at radius 3 is 2.96 bits per heavy atom. The maximum absolute atomic E-state index is 11.9. The third-order valence-electron chi connectivity index (χ3n) is 3.79. The van der Waals surface area contributed by atoms with Gasteiger partial charge in [0.2, 0.25) is 5.91 Å². The van der Waals surface area contributed by atoms with E-state index in [2.05, 4.69) is 11.4 Å². The number of allylic oxidation sites excluding steroid dienone is 1. The monoisotopic (exact) mass is 313 g/mol. The number of ether oxygens (including phenoxy) is 1. The second-order valence-electron chi connectivity index (χ2n) is 6.22. The first kappa shape index (κ1) is 17.3. The molecule has 0 aliphatic heterocycles. The van der Waals surface area contributed by atoms with E-state index in [1.807, 2.05) is 44.2 Å². The van der Waals surface area contributed by atoms with Gasteiger partial charge in [-0.3, -0.25) is 4.79 Å². The highest BCUT2D eigenvalue weighted by Gasteiger charge is 2.04. The summed E-state index contributed by atoms with van der Waals surface area (Å²) in [5.74, 6) is 0.781. The minimum absolute atomic E-state index is 0.0448. The van der Waals surface area contributed by atoms with Gasteiger partial charge in [-0.25, -0.2) is 0 Å². The number of carbonyl (C=O) groups is 1. The Hall–Kier alpha value is -2.03. The summed E-state index contributed by atoms with van der Waals surface area (Å²) in [6.07, 6.45) is 11.8. The Balaban J connectivity index is 1.77. The van der Waals surface area contributed by atoms with Gasteiger partial charge in [0.1, 0.15) is 5.75 Å². The quantitative estimate of drug-likeness (QED) is 0.595. The Labute approximate surface area is 139 Å². The van der Waals surface area contributed by atoms with Crippen molar-refractivity contribution in [2.75, 3.05) is 6.54 Å². The van der Waals surface area contributed by atoms with E-state index in [0.717, 1.165) is 17.7 Å². The highest BCUT2D eigenvalue weighted by Crippen LogP contribution is 2.19. The second-order valence-corrected chi connectivity index (χ2v) is 6.22. The molecule has 0 heterocycles. The van der Waals surface area contributed by atoms with Gasteiger partial charge in [0.25, 0.3) is 0 Å². The zero-order chi connectivity index (χ0) is 16.5. The summed E-state index contributed by atoms with van der Waals surface area (Å²) in [6.45, 7) is 4.71. The van der Waals surface area contributed by atoms with Crippen LogP contribution in [-0.4, -0.2) is 18.6 Å². The second kappa shape index (κ2) is 9.19. The number of rotatable bonds is 7. The molecule has 0 radical (unpaired) electrons. The van der Waals surface area contributed by atoms with E-state index in [0.29, 0.717) is 6.54 Å². The molecule has 0 atom stereocenters. The molecular formula is C20H27NO2. The van der Waals surface area contributed by atoms with Crippen LogP contribution in [0.5, 0.6) is 5.75 Å². The fourth-order valence-corrected chi connectivity index (χ4v) is 2.67. The number of amides is 1. The normalized spacial score (nSPS) is 14.8. The van der Waals surface area contributed by atoms with Gasteiger partial charge < -0.3 is 10.1 Å². The average Bonchev–Trinajstić information content (AvgIpc) is 2.54. The van der Waals surface area contributed by atoms with Gasteiger partial charge in [-0.1, -0.05) is 23.8 Å². The zero-order valence-electron chi connectivity index (χ0n) is 14.2. The van der Waals surface area contributed by atoms with Crippen LogP contribution in [0, 0.1) is 0 Å². The zero-order valence-corrected chi connectivity index (χ0v) is 14.2. The molecule has 23 heavy (non-hydrogen) atoms. The molecule has 2 rings (SSSR count). The highest BCUT2D eigenvalue weighted by molar-refractivity contribution is 5.91. The van der Waals surface area contributed by atoms with Crippen LogP contribution in [0.4, 0.5) is 0 Å². The lowest BCUT2D eigenvalue weighted by Crippen LogP contribution is -2.22. The Bertz CT molecular complexity index is 573. The summed E-state index contributed by atoms with van der Waals surface area (Å²) in [5, 5.41) is 2.95. The molecule has 124 valence electrons. The molecule has 1 aliphatic rings. The first-order valence-corrected chi connectivity index (χ1v) is 8.54. The first-order valence-electron chi connectivity index (χ1n) is 8.54. The minimum atomic E-state index is -0.0448. The van der Waals surface area contributed by atoms with Crippen LogP contribution in [-0.2, 0) is 4.79 Å². The van der Waals surface area contributed by atoms with E-state index in [1.165, 1.54) is 31.3 Å². The fraction of sp³-hybridized carbons (Fsp3) is 0.450. The van der Waals surface area contributed by atoms with Gasteiger partial charge in [0.05, 0.1) is 6.10 Å². The number of carbonyl (C=O) groups excluding carboxylic acids is 1. The lowest BCUT2D eigenvalue weighted by molar-refractivity contribution is -0.116. The molecule has 1 aliphatic carbocycles. The Morgan fingerprint density at radius 2 is 2.22 bits per heavy atom. The predicted octanol–water partition coefficient (Wildman–Crippen LogP) is 4.49. The Kier molecular flexibility index (Phi) is 6.92. The third kappa shape index (κ3) is 6.72. The highest BCUT2D eigenvalue weighted by atomic mass is 16.5. The molecule has 0 saturated heterocycles. The molecule has 0 fully saturated rings. The number of benzene rings is 1. The third-order valence-corrected chi connectivity index (χ3v) is 3.79. The van der Waals surface area contributed by atoms with E-state index < -0.39 is 0 Å². The van der Waals surface area contributed by atoms with Crippen molar-refractivity contribution in [1.29, 1.82) is 0 Å². The van der Waals surface area contributed by atoms with Crippen LogP contribution in [0.1, 0.15) is 51.5 Å². The van der Waals surface area contributed by atoms with Gasteiger partial charge in [0, 0.05) is 12.6 Å². The number of nitrogens with one attached hydrogen (secondary N) is 1. The van der Waals surface area contributed by atoms with Crippen molar-refractivity contribution < 1.29 is 9.53 Å². The average molecular weight is 313 g/mol. The van der Waals surface area contributed by atoms with Crippen molar-refractivity contribution in [3.8, 4) is 5.75 Å². The number of hydrogen-bond acceptors (Lipinski definition) is 2. The fourth-order valence-electron chi connectivity index (χ4n) is 2.67. The minimum Gasteiger partial charge on any atom is -0.491 e. The van der Waals surface area contributed by atoms with Gasteiger partial charge in [0.15, 0.2) is 0 Å². The number of hydrogen-bond donors (Lipinski definition) is 1. The smallest absolute Gasteiger partial charge is 0.244 e. The molecule has 1 N–H and O–H groups in total. The van der Waals surface area contributed by atoms with Crippen molar-refractivity contribution in [2.45, 2.75) is 52.1 Å². The molecule has 0 spiro atoms. The van der Waals surface area contributed by atoms with Crippen LogP contribution in [0.15, 0.2) is 42.0 Å². The molecule has 0 unspecified atom stereocenters. The molecule has 0 bridgehead atoms. The van der Waals surface area contributed by atoms with Crippen molar-refractivity contribution >= 4 is 12.0 Å². The molecule has 1 aromatic carbocycles. The largest absolute Gasteiger partial charge is 0.491 e. The summed E-state index contributed by atoms with van der Waals surface area (Å²) in [5.41, 5.74) is 2.45. The van der Waals surface area contributed by atoms with E-state index in [1.54, 1.807) is 6.08 Å². The summed E-state index contributed by atoms with van der Waals surface area (Å²) in [4.78, 5) is 11.9. The lowest BCUT2D eigenvalue weighted by atomic mass is 9.97. The van der Waals surface area contributed by atoms with Gasteiger partial charge in [-0.15, -0.1) is 0 Å². The van der Waals surface area contributed by atoms with Crippen molar-refractivity contribution in [1.82, 2.24) is 5.32 Å². The van der Waals surface area contributed by atoms with E-state index in [4.69, 9.17) is 4.74 Å². The molecule has 0 aromatic heterocycles. The maximum Gasteiger partial charge on any atom is 0.244 e. The van der Waals surface area contributed by atoms with Gasteiger partial charge in [-0.2, -0.15) is 0 Å². The Morgan fingerprint density at radius 1 is 1.35 bits per heavy atom. The van der Waals surface area contributed by atoms with E-state index >= 15 is 0 Å². The standard InChI is InChI=1S/C20H27NO2/c1-16(2)23-19-10-6-9-18(15-19)11-12-20(22)21-14-13-17-7-4-3-5-8-17/h6-7,9-12,15-16H,3-5,8,13-14H2,1-2H3,(H,21,22)/b12-11+. The molecule has 3 nitrogen and oxygen atoms in total. The maximum atomic E-state index is 11.9. The van der Waals surface area contributed by atoms with Crippen molar-refractivity contribution in [3.05, 3.63) is 47.6 Å². The van der Waals surface area contributed by atoms with Gasteiger partial charge >= 0.3 is 0 Å². The topological polar surface area (TPSA) is 38.3 Å². The van der Waals surface area contributed by atoms with Crippen molar-refractivity contribution in [2.24, 2.45) is 0 Å². The van der Waals surface area contributed by atoms with Crippen LogP contribution in [0.2, 0.25) is 0 Å². The SMILES string of the molecule is CC(C)Oc1cccc(/C=C/C(=O)NCCC2=CCCCC2)c1. The van der Waals surface area contributed by atoms with Crippen LogP contribution < -0.4 is 10.1 Å². The van der Waals surface area contributed by atoms with Crippen molar-refractivity contribution in [3.63, 3.8) is 0 Å². The van der Waals surface area contributed by atoms with Crippen LogP contribution in [0.25, 0.3) is 6.08 Å². The summed E-state index contributed by atoms with van der Waals surface area (Å²) in [7, 11) is 0. The molecule has 1 amide bonds. The first-order chi connectivity index (χ1) is 11.1. The lowest BCUT2D eigenvalue weighted by Gasteiger charge is -2.12. The molecule has 3 heteroatoms. The summed E-state index contributed by atoms with van der Waals surface area (Å²) in [6, 6.07) is 7.76. The van der Waals surface area contributed by atoms with E-state index in [-0.39, 0.29) is 12.0 Å². The van der Waals surface area contributed by atoms with Crippen LogP contribution >= 0.6 is 0 Å². The summed E-state index contributed by atoms with van der Waals surface area (Å²) < 4.78 is 5.65. The molecule has 1 aromatic rings. The van der Waals surface area contributed by atoms with E-state index in [9.17, 15) is 4.79 Å².